The van der Waals surface area contributed by atoms with Crippen LogP contribution in [0.5, 0.6) is 0 Å². The third-order valence-electron chi connectivity index (χ3n) is 1.86. The number of rotatable bonds is 5. The molecule has 0 bridgehead atoms. The molecule has 84 valence electrons. The SMILES string of the molecule is CC(C)OCC(O)Cc1ccc(Br)cn1. The van der Waals surface area contributed by atoms with E-state index in [4.69, 9.17) is 4.74 Å². The fourth-order valence-corrected chi connectivity index (χ4v) is 1.37. The van der Waals surface area contributed by atoms with Crippen LogP contribution in [-0.4, -0.2) is 28.9 Å². The van der Waals surface area contributed by atoms with Gasteiger partial charge >= 0.3 is 0 Å². The van der Waals surface area contributed by atoms with Crippen molar-refractivity contribution in [1.29, 1.82) is 0 Å². The van der Waals surface area contributed by atoms with Crippen LogP contribution in [0.2, 0.25) is 0 Å². The molecule has 0 saturated heterocycles. The van der Waals surface area contributed by atoms with Crippen LogP contribution in [0.4, 0.5) is 0 Å². The van der Waals surface area contributed by atoms with E-state index in [1.54, 1.807) is 6.20 Å². The molecule has 1 N–H and O–H groups in total. The van der Waals surface area contributed by atoms with Crippen molar-refractivity contribution >= 4 is 15.9 Å². The first-order valence-electron chi connectivity index (χ1n) is 4.98. The summed E-state index contributed by atoms with van der Waals surface area (Å²) < 4.78 is 6.26. The lowest BCUT2D eigenvalue weighted by atomic mass is 10.2. The third kappa shape index (κ3) is 5.25. The maximum absolute atomic E-state index is 9.64. The first-order valence-corrected chi connectivity index (χ1v) is 5.77. The number of hydrogen-bond acceptors (Lipinski definition) is 3. The van der Waals surface area contributed by atoms with E-state index in [1.165, 1.54) is 0 Å². The fourth-order valence-electron chi connectivity index (χ4n) is 1.13. The van der Waals surface area contributed by atoms with Crippen molar-refractivity contribution in [3.63, 3.8) is 0 Å². The molecule has 15 heavy (non-hydrogen) atoms. The van der Waals surface area contributed by atoms with Crippen molar-refractivity contribution in [1.82, 2.24) is 4.98 Å². The summed E-state index contributed by atoms with van der Waals surface area (Å²) in [4.78, 5) is 4.18. The van der Waals surface area contributed by atoms with Crippen molar-refractivity contribution in [2.24, 2.45) is 0 Å². The molecular formula is C11H16BrNO2. The molecule has 1 heterocycles. The maximum atomic E-state index is 9.64. The highest BCUT2D eigenvalue weighted by molar-refractivity contribution is 9.10. The molecule has 3 nitrogen and oxygen atoms in total. The van der Waals surface area contributed by atoms with Gasteiger partial charge in [-0.15, -0.1) is 0 Å². The molecule has 0 aliphatic rings. The van der Waals surface area contributed by atoms with Crippen LogP contribution in [0.3, 0.4) is 0 Å². The van der Waals surface area contributed by atoms with Gasteiger partial charge in [-0.3, -0.25) is 4.98 Å². The number of nitrogens with zero attached hydrogens (tertiary/aromatic N) is 1. The van der Waals surface area contributed by atoms with Gasteiger partial charge in [0.15, 0.2) is 0 Å². The Kier molecular flexibility index (Phi) is 5.22. The first-order chi connectivity index (χ1) is 7.08. The molecule has 1 aromatic rings. The molecule has 4 heteroatoms. The molecule has 0 radical (unpaired) electrons. The third-order valence-corrected chi connectivity index (χ3v) is 2.32. The van der Waals surface area contributed by atoms with E-state index in [0.717, 1.165) is 10.2 Å². The maximum Gasteiger partial charge on any atom is 0.0829 e. The van der Waals surface area contributed by atoms with Crippen LogP contribution in [0.1, 0.15) is 19.5 Å². The highest BCUT2D eigenvalue weighted by Gasteiger charge is 2.07. The largest absolute Gasteiger partial charge is 0.390 e. The summed E-state index contributed by atoms with van der Waals surface area (Å²) in [5.41, 5.74) is 0.873. The Morgan fingerprint density at radius 3 is 2.73 bits per heavy atom. The summed E-state index contributed by atoms with van der Waals surface area (Å²) in [6.07, 6.45) is 1.92. The molecular weight excluding hydrogens is 258 g/mol. The lowest BCUT2D eigenvalue weighted by Crippen LogP contribution is -2.21. The molecule has 0 spiro atoms. The predicted octanol–water partition coefficient (Wildman–Crippen LogP) is 2.17. The number of ether oxygens (including phenoxy) is 1. The van der Waals surface area contributed by atoms with Crippen LogP contribution in [-0.2, 0) is 11.2 Å². The summed E-state index contributed by atoms with van der Waals surface area (Å²) in [5.74, 6) is 0. The van der Waals surface area contributed by atoms with E-state index >= 15 is 0 Å². The van der Waals surface area contributed by atoms with Gasteiger partial charge in [-0.25, -0.2) is 0 Å². The monoisotopic (exact) mass is 273 g/mol. The smallest absolute Gasteiger partial charge is 0.0829 e. The second kappa shape index (κ2) is 6.20. The summed E-state index contributed by atoms with van der Waals surface area (Å²) >= 11 is 3.31. The zero-order valence-corrected chi connectivity index (χ0v) is 10.6. The van der Waals surface area contributed by atoms with Gasteiger partial charge in [-0.05, 0) is 41.9 Å². The van der Waals surface area contributed by atoms with E-state index in [2.05, 4.69) is 20.9 Å². The molecule has 0 amide bonds. The lowest BCUT2D eigenvalue weighted by Gasteiger charge is -2.12. The predicted molar refractivity (Wildman–Crippen MR) is 62.7 cm³/mol. The molecule has 0 fully saturated rings. The highest BCUT2D eigenvalue weighted by atomic mass is 79.9. The second-order valence-corrected chi connectivity index (χ2v) is 4.62. The molecule has 0 aliphatic heterocycles. The minimum atomic E-state index is -0.485. The van der Waals surface area contributed by atoms with Gasteiger partial charge in [0.25, 0.3) is 0 Å². The fraction of sp³-hybridized carbons (Fsp3) is 0.545. The van der Waals surface area contributed by atoms with E-state index in [0.29, 0.717) is 13.0 Å². The zero-order chi connectivity index (χ0) is 11.3. The summed E-state index contributed by atoms with van der Waals surface area (Å²) in [6.45, 7) is 4.25. The molecule has 1 unspecified atom stereocenters. The standard InChI is InChI=1S/C11H16BrNO2/c1-8(2)15-7-11(14)5-10-4-3-9(12)6-13-10/h3-4,6,8,11,14H,5,7H2,1-2H3. The van der Waals surface area contributed by atoms with Gasteiger partial charge in [0.1, 0.15) is 0 Å². The summed E-state index contributed by atoms with van der Waals surface area (Å²) in [6, 6.07) is 3.81. The molecule has 0 saturated carbocycles. The average molecular weight is 274 g/mol. The van der Waals surface area contributed by atoms with Crippen LogP contribution in [0.15, 0.2) is 22.8 Å². The number of aliphatic hydroxyl groups excluding tert-OH is 1. The Balaban J connectivity index is 2.37. The van der Waals surface area contributed by atoms with Gasteiger partial charge in [0, 0.05) is 22.8 Å². The first kappa shape index (κ1) is 12.6. The van der Waals surface area contributed by atoms with Crippen LogP contribution in [0.25, 0.3) is 0 Å². The zero-order valence-electron chi connectivity index (χ0n) is 8.98. The second-order valence-electron chi connectivity index (χ2n) is 3.71. The van der Waals surface area contributed by atoms with E-state index in [1.807, 2.05) is 26.0 Å². The van der Waals surface area contributed by atoms with Gasteiger partial charge in [-0.1, -0.05) is 0 Å². The van der Waals surface area contributed by atoms with Crippen LogP contribution >= 0.6 is 15.9 Å². The Morgan fingerprint density at radius 2 is 2.20 bits per heavy atom. The Labute approximate surface area is 98.6 Å². The van der Waals surface area contributed by atoms with Gasteiger partial charge in [-0.2, -0.15) is 0 Å². The summed E-state index contributed by atoms with van der Waals surface area (Å²) in [7, 11) is 0. The normalized spacial score (nSPS) is 13.1. The van der Waals surface area contributed by atoms with Crippen LogP contribution < -0.4 is 0 Å². The van der Waals surface area contributed by atoms with Crippen molar-refractivity contribution in [3.8, 4) is 0 Å². The average Bonchev–Trinajstić information content (AvgIpc) is 2.19. The topological polar surface area (TPSA) is 42.4 Å². The van der Waals surface area contributed by atoms with Gasteiger partial charge in [0.05, 0.1) is 18.8 Å². The number of pyridine rings is 1. The molecule has 0 aromatic carbocycles. The van der Waals surface area contributed by atoms with Gasteiger partial charge < -0.3 is 9.84 Å². The van der Waals surface area contributed by atoms with Crippen molar-refractivity contribution in [2.45, 2.75) is 32.5 Å². The van der Waals surface area contributed by atoms with E-state index in [-0.39, 0.29) is 6.10 Å². The molecule has 1 atom stereocenters. The number of aliphatic hydroxyl groups is 1. The minimum absolute atomic E-state index is 0.150. The van der Waals surface area contributed by atoms with Crippen LogP contribution in [0, 0.1) is 0 Å². The number of halogens is 1. The van der Waals surface area contributed by atoms with Gasteiger partial charge in [0.2, 0.25) is 0 Å². The molecule has 1 rings (SSSR count). The van der Waals surface area contributed by atoms with Crippen molar-refractivity contribution in [3.05, 3.63) is 28.5 Å². The summed E-state index contributed by atoms with van der Waals surface area (Å²) in [5, 5.41) is 9.64. The number of aromatic nitrogens is 1. The molecule has 1 aromatic heterocycles. The molecule has 0 aliphatic carbocycles. The Hall–Kier alpha value is -0.450. The Morgan fingerprint density at radius 1 is 1.47 bits per heavy atom. The highest BCUT2D eigenvalue weighted by Crippen LogP contribution is 2.09. The minimum Gasteiger partial charge on any atom is -0.390 e. The lowest BCUT2D eigenvalue weighted by molar-refractivity contribution is 0.00586. The van der Waals surface area contributed by atoms with E-state index in [9.17, 15) is 5.11 Å². The number of hydrogen-bond donors (Lipinski definition) is 1. The van der Waals surface area contributed by atoms with Crippen molar-refractivity contribution in [2.75, 3.05) is 6.61 Å². The van der Waals surface area contributed by atoms with Crippen molar-refractivity contribution < 1.29 is 9.84 Å². The Bertz CT molecular complexity index is 287. The van der Waals surface area contributed by atoms with E-state index < -0.39 is 6.10 Å². The quantitative estimate of drug-likeness (QED) is 0.894.